The summed E-state index contributed by atoms with van der Waals surface area (Å²) in [6, 6.07) is 0. The van der Waals surface area contributed by atoms with Gasteiger partial charge in [0.15, 0.2) is 0 Å². The molecule has 2 N–H and O–H groups in total. The summed E-state index contributed by atoms with van der Waals surface area (Å²) in [5.41, 5.74) is 5.86. The van der Waals surface area contributed by atoms with Crippen LogP contribution in [-0.4, -0.2) is 31.1 Å². The van der Waals surface area contributed by atoms with Gasteiger partial charge in [-0.2, -0.15) is 0 Å². The maximum atomic E-state index is 5.86. The Labute approximate surface area is 101 Å². The zero-order valence-corrected chi connectivity index (χ0v) is 11.0. The van der Waals surface area contributed by atoms with Crippen molar-refractivity contribution in [3.63, 3.8) is 0 Å². The Morgan fingerprint density at radius 1 is 1.19 bits per heavy atom. The Kier molecular flexibility index (Phi) is 4.26. The summed E-state index contributed by atoms with van der Waals surface area (Å²) in [7, 11) is 0. The van der Waals surface area contributed by atoms with Crippen LogP contribution in [0.5, 0.6) is 0 Å². The molecule has 3 atom stereocenters. The van der Waals surface area contributed by atoms with Crippen molar-refractivity contribution in [3.8, 4) is 0 Å². The average Bonchev–Trinajstić information content (AvgIpc) is 2.87. The van der Waals surface area contributed by atoms with Crippen molar-refractivity contribution in [1.82, 2.24) is 4.90 Å². The fraction of sp³-hybridized carbons (Fsp3) is 1.00. The highest BCUT2D eigenvalue weighted by Gasteiger charge is 2.31. The van der Waals surface area contributed by atoms with Crippen molar-refractivity contribution >= 4 is 0 Å². The van der Waals surface area contributed by atoms with Gasteiger partial charge in [0, 0.05) is 13.1 Å². The molecule has 3 unspecified atom stereocenters. The zero-order chi connectivity index (χ0) is 11.5. The predicted octanol–water partition coefficient (Wildman–Crippen LogP) is 2.34. The molecule has 1 aliphatic heterocycles. The number of hydrogen-bond acceptors (Lipinski definition) is 2. The van der Waals surface area contributed by atoms with Gasteiger partial charge < -0.3 is 10.6 Å². The predicted molar refractivity (Wildman–Crippen MR) is 69.3 cm³/mol. The van der Waals surface area contributed by atoms with Gasteiger partial charge in [-0.25, -0.2) is 0 Å². The number of nitrogens with two attached hydrogens (primary N) is 1. The Hall–Kier alpha value is -0.0800. The average molecular weight is 224 g/mol. The molecule has 0 aromatic carbocycles. The molecule has 94 valence electrons. The second kappa shape index (κ2) is 5.50. The Bertz CT molecular complexity index is 215. The molecule has 2 rings (SSSR count). The van der Waals surface area contributed by atoms with E-state index in [0.29, 0.717) is 0 Å². The van der Waals surface area contributed by atoms with E-state index in [9.17, 15) is 0 Å². The molecule has 16 heavy (non-hydrogen) atoms. The molecule has 0 amide bonds. The Morgan fingerprint density at radius 2 is 1.94 bits per heavy atom. The molecular formula is C14H28N2. The molecule has 1 saturated carbocycles. The van der Waals surface area contributed by atoms with E-state index in [-0.39, 0.29) is 0 Å². The minimum Gasteiger partial charge on any atom is -0.330 e. The van der Waals surface area contributed by atoms with E-state index >= 15 is 0 Å². The molecule has 2 fully saturated rings. The van der Waals surface area contributed by atoms with Crippen molar-refractivity contribution in [2.45, 2.75) is 39.5 Å². The van der Waals surface area contributed by atoms with Crippen LogP contribution in [0.1, 0.15) is 39.5 Å². The van der Waals surface area contributed by atoms with Gasteiger partial charge in [-0.05, 0) is 56.0 Å². The SMILES string of the molecule is CC(C)C1CCN(CC2CCCC2CN)C1. The van der Waals surface area contributed by atoms with Gasteiger partial charge in [-0.1, -0.05) is 20.3 Å². The summed E-state index contributed by atoms with van der Waals surface area (Å²) < 4.78 is 0. The fourth-order valence-corrected chi connectivity index (χ4v) is 3.57. The zero-order valence-electron chi connectivity index (χ0n) is 11.0. The molecule has 0 spiro atoms. The quantitative estimate of drug-likeness (QED) is 0.794. The molecule has 2 aliphatic rings. The summed E-state index contributed by atoms with van der Waals surface area (Å²) >= 11 is 0. The maximum Gasteiger partial charge on any atom is 0.00129 e. The summed E-state index contributed by atoms with van der Waals surface area (Å²) in [5.74, 6) is 3.52. The summed E-state index contributed by atoms with van der Waals surface area (Å²) in [6.07, 6.45) is 5.62. The molecule has 2 heteroatoms. The first-order valence-corrected chi connectivity index (χ1v) is 7.13. The molecule has 1 saturated heterocycles. The lowest BCUT2D eigenvalue weighted by Crippen LogP contribution is -2.32. The Balaban J connectivity index is 1.78. The molecular weight excluding hydrogens is 196 g/mol. The van der Waals surface area contributed by atoms with E-state index in [1.165, 1.54) is 45.3 Å². The standard InChI is InChI=1S/C14H28N2/c1-11(2)13-6-7-16(9-13)10-14-5-3-4-12(14)8-15/h11-14H,3-10,15H2,1-2H3. The molecule has 0 bridgehead atoms. The third kappa shape index (κ3) is 2.78. The molecule has 2 nitrogen and oxygen atoms in total. The van der Waals surface area contributed by atoms with E-state index in [1.807, 2.05) is 0 Å². The van der Waals surface area contributed by atoms with Crippen LogP contribution in [0.2, 0.25) is 0 Å². The first kappa shape index (κ1) is 12.4. The Morgan fingerprint density at radius 3 is 2.56 bits per heavy atom. The summed E-state index contributed by atoms with van der Waals surface area (Å²) in [6.45, 7) is 9.64. The van der Waals surface area contributed by atoms with Crippen LogP contribution in [0.25, 0.3) is 0 Å². The monoisotopic (exact) mass is 224 g/mol. The van der Waals surface area contributed by atoms with Crippen LogP contribution >= 0.6 is 0 Å². The van der Waals surface area contributed by atoms with Crippen molar-refractivity contribution < 1.29 is 0 Å². The van der Waals surface area contributed by atoms with Crippen molar-refractivity contribution in [2.75, 3.05) is 26.2 Å². The van der Waals surface area contributed by atoms with Gasteiger partial charge in [-0.15, -0.1) is 0 Å². The molecule has 0 aromatic heterocycles. The van der Waals surface area contributed by atoms with Crippen LogP contribution in [0.3, 0.4) is 0 Å². The van der Waals surface area contributed by atoms with Crippen molar-refractivity contribution in [3.05, 3.63) is 0 Å². The van der Waals surface area contributed by atoms with Gasteiger partial charge in [0.25, 0.3) is 0 Å². The van der Waals surface area contributed by atoms with Crippen molar-refractivity contribution in [1.29, 1.82) is 0 Å². The van der Waals surface area contributed by atoms with Crippen molar-refractivity contribution in [2.24, 2.45) is 29.4 Å². The van der Waals surface area contributed by atoms with E-state index in [2.05, 4.69) is 18.7 Å². The van der Waals surface area contributed by atoms with E-state index < -0.39 is 0 Å². The molecule has 0 aromatic rings. The highest BCUT2D eigenvalue weighted by atomic mass is 15.1. The van der Waals surface area contributed by atoms with E-state index in [0.717, 1.165) is 30.2 Å². The normalized spacial score (nSPS) is 36.4. The minimum atomic E-state index is 0.818. The number of hydrogen-bond donors (Lipinski definition) is 1. The van der Waals surface area contributed by atoms with E-state index in [1.54, 1.807) is 0 Å². The first-order valence-electron chi connectivity index (χ1n) is 7.13. The van der Waals surface area contributed by atoms with Crippen LogP contribution in [-0.2, 0) is 0 Å². The molecule has 1 aliphatic carbocycles. The van der Waals surface area contributed by atoms with Crippen LogP contribution in [0.15, 0.2) is 0 Å². The lowest BCUT2D eigenvalue weighted by atomic mass is 9.94. The summed E-state index contributed by atoms with van der Waals surface area (Å²) in [5, 5.41) is 0. The number of nitrogens with zero attached hydrogens (tertiary/aromatic N) is 1. The van der Waals surface area contributed by atoms with Crippen LogP contribution in [0.4, 0.5) is 0 Å². The molecule has 1 heterocycles. The second-order valence-electron chi connectivity index (χ2n) is 6.24. The van der Waals surface area contributed by atoms with Crippen LogP contribution in [0, 0.1) is 23.7 Å². The maximum absolute atomic E-state index is 5.86. The second-order valence-corrected chi connectivity index (χ2v) is 6.24. The van der Waals surface area contributed by atoms with Gasteiger partial charge in [0.1, 0.15) is 0 Å². The topological polar surface area (TPSA) is 29.3 Å². The fourth-order valence-electron chi connectivity index (χ4n) is 3.57. The smallest absolute Gasteiger partial charge is 0.00129 e. The van der Waals surface area contributed by atoms with Gasteiger partial charge in [-0.3, -0.25) is 0 Å². The number of likely N-dealkylation sites (tertiary alicyclic amines) is 1. The largest absolute Gasteiger partial charge is 0.330 e. The highest BCUT2D eigenvalue weighted by Crippen LogP contribution is 2.33. The lowest BCUT2D eigenvalue weighted by Gasteiger charge is -2.25. The highest BCUT2D eigenvalue weighted by molar-refractivity contribution is 4.84. The third-order valence-electron chi connectivity index (χ3n) is 4.86. The lowest BCUT2D eigenvalue weighted by molar-refractivity contribution is 0.230. The number of rotatable bonds is 4. The molecule has 0 radical (unpaired) electrons. The minimum absolute atomic E-state index is 0.818. The van der Waals surface area contributed by atoms with Gasteiger partial charge in [0.2, 0.25) is 0 Å². The third-order valence-corrected chi connectivity index (χ3v) is 4.86. The summed E-state index contributed by atoms with van der Waals surface area (Å²) in [4.78, 5) is 2.70. The van der Waals surface area contributed by atoms with Crippen LogP contribution < -0.4 is 5.73 Å². The van der Waals surface area contributed by atoms with Gasteiger partial charge in [0.05, 0.1) is 0 Å². The van der Waals surface area contributed by atoms with E-state index in [4.69, 9.17) is 5.73 Å². The first-order chi connectivity index (χ1) is 7.70. The van der Waals surface area contributed by atoms with Gasteiger partial charge >= 0.3 is 0 Å².